The van der Waals surface area contributed by atoms with Crippen LogP contribution >= 0.6 is 0 Å². The van der Waals surface area contributed by atoms with Gasteiger partial charge in [-0.3, -0.25) is 0 Å². The summed E-state index contributed by atoms with van der Waals surface area (Å²) >= 11 is 0. The standard InChI is InChI=1S/C13H17N3O3/c1-4-5-11-12(13(17)18-3)14-15-16(11)8-10-7-6-9(2)19-10/h6-7H,4-5,8H2,1-3H3. The van der Waals surface area contributed by atoms with Crippen LogP contribution in [0.2, 0.25) is 0 Å². The van der Waals surface area contributed by atoms with Crippen LogP contribution in [0.5, 0.6) is 0 Å². The molecule has 0 spiro atoms. The first-order chi connectivity index (χ1) is 9.15. The number of furan rings is 1. The Bertz CT molecular complexity index is 571. The highest BCUT2D eigenvalue weighted by Gasteiger charge is 2.20. The van der Waals surface area contributed by atoms with Crippen LogP contribution in [0.15, 0.2) is 16.5 Å². The minimum Gasteiger partial charge on any atom is -0.464 e. The third-order valence-electron chi connectivity index (χ3n) is 2.80. The van der Waals surface area contributed by atoms with Gasteiger partial charge in [0.05, 0.1) is 12.8 Å². The van der Waals surface area contributed by atoms with E-state index in [1.807, 2.05) is 26.0 Å². The second-order valence-electron chi connectivity index (χ2n) is 4.30. The van der Waals surface area contributed by atoms with Crippen molar-refractivity contribution in [3.8, 4) is 0 Å². The molecule has 2 rings (SSSR count). The van der Waals surface area contributed by atoms with Crippen LogP contribution in [0.3, 0.4) is 0 Å². The van der Waals surface area contributed by atoms with E-state index in [2.05, 4.69) is 10.3 Å². The molecule has 102 valence electrons. The first kappa shape index (κ1) is 13.3. The van der Waals surface area contributed by atoms with E-state index in [0.717, 1.165) is 30.1 Å². The molecule has 0 saturated carbocycles. The van der Waals surface area contributed by atoms with Crippen LogP contribution in [0.1, 0.15) is 41.0 Å². The zero-order valence-corrected chi connectivity index (χ0v) is 11.3. The molecule has 0 aromatic carbocycles. The summed E-state index contributed by atoms with van der Waals surface area (Å²) in [4.78, 5) is 11.6. The van der Waals surface area contributed by atoms with Crippen molar-refractivity contribution in [3.05, 3.63) is 35.0 Å². The summed E-state index contributed by atoms with van der Waals surface area (Å²) in [6.07, 6.45) is 1.62. The second kappa shape index (κ2) is 5.69. The first-order valence-corrected chi connectivity index (χ1v) is 6.21. The fourth-order valence-electron chi connectivity index (χ4n) is 1.92. The summed E-state index contributed by atoms with van der Waals surface area (Å²) in [7, 11) is 1.34. The maximum Gasteiger partial charge on any atom is 0.360 e. The Morgan fingerprint density at radius 3 is 2.84 bits per heavy atom. The smallest absolute Gasteiger partial charge is 0.360 e. The van der Waals surface area contributed by atoms with E-state index in [4.69, 9.17) is 9.15 Å². The largest absolute Gasteiger partial charge is 0.464 e. The fraction of sp³-hybridized carbons (Fsp3) is 0.462. The van der Waals surface area contributed by atoms with Gasteiger partial charge in [0.2, 0.25) is 0 Å². The van der Waals surface area contributed by atoms with Gasteiger partial charge in [0.15, 0.2) is 5.69 Å². The molecule has 0 N–H and O–H groups in total. The van der Waals surface area contributed by atoms with E-state index in [0.29, 0.717) is 6.54 Å². The van der Waals surface area contributed by atoms with Gasteiger partial charge in [-0.2, -0.15) is 0 Å². The van der Waals surface area contributed by atoms with Crippen LogP contribution in [-0.2, 0) is 17.7 Å². The molecule has 0 atom stereocenters. The molecular formula is C13H17N3O3. The zero-order valence-electron chi connectivity index (χ0n) is 11.3. The Balaban J connectivity index is 2.29. The van der Waals surface area contributed by atoms with Gasteiger partial charge in [-0.1, -0.05) is 18.6 Å². The highest BCUT2D eigenvalue weighted by atomic mass is 16.5. The van der Waals surface area contributed by atoms with Crippen LogP contribution in [0.25, 0.3) is 0 Å². The van der Waals surface area contributed by atoms with Crippen LogP contribution in [-0.4, -0.2) is 28.1 Å². The lowest BCUT2D eigenvalue weighted by atomic mass is 10.2. The third kappa shape index (κ3) is 2.83. The number of aryl methyl sites for hydroxylation is 1. The van der Waals surface area contributed by atoms with Crippen LogP contribution in [0, 0.1) is 6.92 Å². The Labute approximate surface area is 111 Å². The van der Waals surface area contributed by atoms with Gasteiger partial charge in [0.1, 0.15) is 18.1 Å². The van der Waals surface area contributed by atoms with Crippen molar-refractivity contribution in [2.24, 2.45) is 0 Å². The number of esters is 1. The van der Waals surface area contributed by atoms with Crippen molar-refractivity contribution < 1.29 is 13.9 Å². The lowest BCUT2D eigenvalue weighted by molar-refractivity contribution is 0.0592. The molecule has 2 aromatic heterocycles. The van der Waals surface area contributed by atoms with Crippen molar-refractivity contribution in [2.75, 3.05) is 7.11 Å². The molecule has 0 aliphatic heterocycles. The number of aromatic nitrogens is 3. The molecule has 0 aliphatic carbocycles. The number of nitrogens with zero attached hydrogens (tertiary/aromatic N) is 3. The van der Waals surface area contributed by atoms with Gasteiger partial charge in [0, 0.05) is 0 Å². The lowest BCUT2D eigenvalue weighted by Gasteiger charge is -2.04. The maximum absolute atomic E-state index is 11.6. The number of carbonyl (C=O) groups is 1. The molecule has 0 amide bonds. The molecule has 0 radical (unpaired) electrons. The number of ether oxygens (including phenoxy) is 1. The van der Waals surface area contributed by atoms with Gasteiger partial charge in [-0.05, 0) is 25.5 Å². The van der Waals surface area contributed by atoms with Crippen molar-refractivity contribution in [3.63, 3.8) is 0 Å². The topological polar surface area (TPSA) is 70.2 Å². The van der Waals surface area contributed by atoms with Gasteiger partial charge < -0.3 is 9.15 Å². The van der Waals surface area contributed by atoms with E-state index in [9.17, 15) is 4.79 Å². The molecule has 19 heavy (non-hydrogen) atoms. The van der Waals surface area contributed by atoms with Crippen molar-refractivity contribution in [1.82, 2.24) is 15.0 Å². The normalized spacial score (nSPS) is 10.7. The molecule has 0 bridgehead atoms. The lowest BCUT2D eigenvalue weighted by Crippen LogP contribution is -2.10. The Morgan fingerprint density at radius 2 is 2.26 bits per heavy atom. The summed E-state index contributed by atoms with van der Waals surface area (Å²) in [6.45, 7) is 4.39. The van der Waals surface area contributed by atoms with Crippen LogP contribution < -0.4 is 0 Å². The minimum atomic E-state index is -0.453. The number of rotatable bonds is 5. The predicted octanol–water partition coefficient (Wildman–Crippen LogP) is 1.97. The molecule has 6 nitrogen and oxygen atoms in total. The fourth-order valence-corrected chi connectivity index (χ4v) is 1.92. The summed E-state index contributed by atoms with van der Waals surface area (Å²) in [5, 5.41) is 7.92. The predicted molar refractivity (Wildman–Crippen MR) is 67.9 cm³/mol. The first-order valence-electron chi connectivity index (χ1n) is 6.21. The van der Waals surface area contributed by atoms with E-state index >= 15 is 0 Å². The minimum absolute atomic E-state index is 0.285. The molecule has 0 unspecified atom stereocenters. The van der Waals surface area contributed by atoms with E-state index in [1.165, 1.54) is 7.11 Å². The average molecular weight is 263 g/mol. The van der Waals surface area contributed by atoms with E-state index < -0.39 is 5.97 Å². The molecule has 2 heterocycles. The Morgan fingerprint density at radius 1 is 1.47 bits per heavy atom. The number of carbonyl (C=O) groups excluding carboxylic acids is 1. The van der Waals surface area contributed by atoms with Gasteiger partial charge in [-0.25, -0.2) is 9.48 Å². The average Bonchev–Trinajstić information content (AvgIpc) is 2.97. The van der Waals surface area contributed by atoms with Crippen LogP contribution in [0.4, 0.5) is 0 Å². The summed E-state index contributed by atoms with van der Waals surface area (Å²) in [5.41, 5.74) is 1.07. The molecule has 0 saturated heterocycles. The Hall–Kier alpha value is -2.11. The summed E-state index contributed by atoms with van der Waals surface area (Å²) in [6, 6.07) is 3.79. The van der Waals surface area contributed by atoms with E-state index in [-0.39, 0.29) is 5.69 Å². The van der Waals surface area contributed by atoms with Crippen molar-refractivity contribution >= 4 is 5.97 Å². The zero-order chi connectivity index (χ0) is 13.8. The van der Waals surface area contributed by atoms with Gasteiger partial charge in [0.25, 0.3) is 0 Å². The summed E-state index contributed by atoms with van der Waals surface area (Å²) < 4.78 is 11.9. The maximum atomic E-state index is 11.6. The molecule has 2 aromatic rings. The highest BCUT2D eigenvalue weighted by molar-refractivity contribution is 5.88. The number of methoxy groups -OCH3 is 1. The molecule has 0 aliphatic rings. The number of hydrogen-bond acceptors (Lipinski definition) is 5. The molecular weight excluding hydrogens is 246 g/mol. The van der Waals surface area contributed by atoms with Crippen molar-refractivity contribution in [2.45, 2.75) is 33.2 Å². The molecule has 6 heteroatoms. The third-order valence-corrected chi connectivity index (χ3v) is 2.80. The van der Waals surface area contributed by atoms with Gasteiger partial charge >= 0.3 is 5.97 Å². The van der Waals surface area contributed by atoms with Crippen molar-refractivity contribution in [1.29, 1.82) is 0 Å². The monoisotopic (exact) mass is 263 g/mol. The van der Waals surface area contributed by atoms with Gasteiger partial charge in [-0.15, -0.1) is 5.10 Å². The second-order valence-corrected chi connectivity index (χ2v) is 4.30. The quantitative estimate of drug-likeness (QED) is 0.771. The number of hydrogen-bond donors (Lipinski definition) is 0. The molecule has 0 fully saturated rings. The Kier molecular flexibility index (Phi) is 3.99. The SMILES string of the molecule is CCCc1c(C(=O)OC)nnn1Cc1ccc(C)o1. The van der Waals surface area contributed by atoms with E-state index in [1.54, 1.807) is 4.68 Å². The highest BCUT2D eigenvalue weighted by Crippen LogP contribution is 2.13. The summed E-state index contributed by atoms with van der Waals surface area (Å²) in [5.74, 6) is 1.18.